The first kappa shape index (κ1) is 19.1. The van der Waals surface area contributed by atoms with Gasteiger partial charge in [-0.15, -0.1) is 0 Å². The Kier molecular flexibility index (Phi) is 6.73. The third-order valence-electron chi connectivity index (χ3n) is 3.87. The van der Waals surface area contributed by atoms with E-state index in [1.54, 1.807) is 19.9 Å². The number of rotatable bonds is 8. The summed E-state index contributed by atoms with van der Waals surface area (Å²) in [5.74, 6) is -0.251. The van der Waals surface area contributed by atoms with E-state index < -0.39 is 10.0 Å². The van der Waals surface area contributed by atoms with Crippen molar-refractivity contribution < 1.29 is 13.2 Å². The normalized spacial score (nSPS) is 11.3. The van der Waals surface area contributed by atoms with Gasteiger partial charge < -0.3 is 5.32 Å². The number of amides is 1. The van der Waals surface area contributed by atoms with E-state index in [1.165, 1.54) is 17.7 Å². The van der Waals surface area contributed by atoms with Crippen molar-refractivity contribution in [1.82, 2.24) is 10.0 Å². The van der Waals surface area contributed by atoms with Crippen LogP contribution >= 0.6 is 0 Å². The maximum absolute atomic E-state index is 12.4. The molecule has 2 aromatic carbocycles. The van der Waals surface area contributed by atoms with Crippen LogP contribution in [0, 0.1) is 6.92 Å². The van der Waals surface area contributed by atoms with Gasteiger partial charge in [0.15, 0.2) is 0 Å². The lowest BCUT2D eigenvalue weighted by atomic mass is 10.1. The van der Waals surface area contributed by atoms with Gasteiger partial charge in [-0.05, 0) is 43.0 Å². The molecule has 2 aromatic rings. The molecule has 2 rings (SSSR count). The Labute approximate surface area is 149 Å². The third-order valence-corrected chi connectivity index (χ3v) is 5.41. The van der Waals surface area contributed by atoms with Crippen molar-refractivity contribution in [2.75, 3.05) is 13.1 Å². The summed E-state index contributed by atoms with van der Waals surface area (Å²) in [5, 5.41) is 2.87. The minimum absolute atomic E-state index is 0.106. The average molecular weight is 360 g/mol. The molecule has 5 nitrogen and oxygen atoms in total. The number of nitrogens with one attached hydrogen (secondary N) is 2. The predicted octanol–water partition coefficient (Wildman–Crippen LogP) is 2.66. The van der Waals surface area contributed by atoms with E-state index >= 15 is 0 Å². The Morgan fingerprint density at radius 1 is 1.08 bits per heavy atom. The molecule has 0 aliphatic heterocycles. The molecule has 2 N–H and O–H groups in total. The Morgan fingerprint density at radius 2 is 1.80 bits per heavy atom. The van der Waals surface area contributed by atoms with E-state index in [9.17, 15) is 13.2 Å². The summed E-state index contributed by atoms with van der Waals surface area (Å²) >= 11 is 0. The van der Waals surface area contributed by atoms with Gasteiger partial charge in [-0.25, -0.2) is 13.1 Å². The van der Waals surface area contributed by atoms with Gasteiger partial charge in [0, 0.05) is 18.7 Å². The van der Waals surface area contributed by atoms with Crippen LogP contribution < -0.4 is 10.0 Å². The zero-order valence-corrected chi connectivity index (χ0v) is 15.4. The van der Waals surface area contributed by atoms with Gasteiger partial charge in [0.2, 0.25) is 10.0 Å². The van der Waals surface area contributed by atoms with E-state index in [-0.39, 0.29) is 10.8 Å². The molecule has 0 bridgehead atoms. The average Bonchev–Trinajstić information content (AvgIpc) is 2.59. The molecule has 0 heterocycles. The van der Waals surface area contributed by atoms with Gasteiger partial charge in [0.1, 0.15) is 0 Å². The first-order valence-corrected chi connectivity index (χ1v) is 9.85. The molecule has 0 saturated carbocycles. The van der Waals surface area contributed by atoms with Crippen LogP contribution in [-0.4, -0.2) is 27.4 Å². The molecule has 6 heteroatoms. The fraction of sp³-hybridized carbons (Fsp3) is 0.316. The van der Waals surface area contributed by atoms with Crippen molar-refractivity contribution in [3.63, 3.8) is 0 Å². The SMILES string of the molecule is CCNS(=O)(=O)c1ccc(C)c(C(=O)NCCCc2ccccc2)c1. The second kappa shape index (κ2) is 8.78. The Morgan fingerprint density at radius 3 is 2.48 bits per heavy atom. The number of carbonyl (C=O) groups is 1. The Bertz CT molecular complexity index is 818. The second-order valence-corrected chi connectivity index (χ2v) is 7.59. The lowest BCUT2D eigenvalue weighted by Crippen LogP contribution is -2.27. The van der Waals surface area contributed by atoms with E-state index in [1.807, 2.05) is 18.2 Å². The number of benzene rings is 2. The first-order valence-electron chi connectivity index (χ1n) is 8.36. The summed E-state index contributed by atoms with van der Waals surface area (Å²) in [7, 11) is -3.57. The molecule has 0 aliphatic rings. The zero-order valence-electron chi connectivity index (χ0n) is 14.6. The molecule has 0 spiro atoms. The van der Waals surface area contributed by atoms with Crippen molar-refractivity contribution in [1.29, 1.82) is 0 Å². The summed E-state index contributed by atoms with van der Waals surface area (Å²) in [4.78, 5) is 12.5. The van der Waals surface area contributed by atoms with Crippen molar-refractivity contribution in [3.05, 3.63) is 65.2 Å². The molecule has 0 unspecified atom stereocenters. The smallest absolute Gasteiger partial charge is 0.251 e. The quantitative estimate of drug-likeness (QED) is 0.711. The molecule has 0 fully saturated rings. The molecular weight excluding hydrogens is 336 g/mol. The van der Waals surface area contributed by atoms with Gasteiger partial charge in [-0.2, -0.15) is 0 Å². The molecule has 0 atom stereocenters. The summed E-state index contributed by atoms with van der Waals surface area (Å²) in [5.41, 5.74) is 2.36. The lowest BCUT2D eigenvalue weighted by molar-refractivity contribution is 0.0952. The van der Waals surface area contributed by atoms with E-state index in [4.69, 9.17) is 0 Å². The molecule has 1 amide bonds. The molecule has 0 aliphatic carbocycles. The van der Waals surface area contributed by atoms with Crippen LogP contribution in [0.5, 0.6) is 0 Å². The monoisotopic (exact) mass is 360 g/mol. The third kappa shape index (κ3) is 5.41. The summed E-state index contributed by atoms with van der Waals surface area (Å²) in [6.45, 7) is 4.35. The minimum atomic E-state index is -3.57. The Hall–Kier alpha value is -2.18. The van der Waals surface area contributed by atoms with Crippen LogP contribution in [0.4, 0.5) is 0 Å². The molecular formula is C19H24N2O3S. The molecule has 134 valence electrons. The maximum Gasteiger partial charge on any atom is 0.251 e. The summed E-state index contributed by atoms with van der Waals surface area (Å²) in [6.07, 6.45) is 1.71. The minimum Gasteiger partial charge on any atom is -0.352 e. The van der Waals surface area contributed by atoms with Crippen molar-refractivity contribution >= 4 is 15.9 Å². The predicted molar refractivity (Wildman–Crippen MR) is 99.1 cm³/mol. The molecule has 0 radical (unpaired) electrons. The van der Waals surface area contributed by atoms with Crippen LogP contribution in [0.2, 0.25) is 0 Å². The Balaban J connectivity index is 1.99. The van der Waals surface area contributed by atoms with Crippen molar-refractivity contribution in [2.45, 2.75) is 31.6 Å². The fourth-order valence-electron chi connectivity index (χ4n) is 2.52. The zero-order chi connectivity index (χ0) is 18.3. The topological polar surface area (TPSA) is 75.3 Å². The fourth-order valence-corrected chi connectivity index (χ4v) is 3.59. The van der Waals surface area contributed by atoms with Gasteiger partial charge in [-0.3, -0.25) is 4.79 Å². The van der Waals surface area contributed by atoms with Gasteiger partial charge in [0.25, 0.3) is 5.91 Å². The van der Waals surface area contributed by atoms with E-state index in [0.717, 1.165) is 18.4 Å². The number of hydrogen-bond donors (Lipinski definition) is 2. The summed E-state index contributed by atoms with van der Waals surface area (Å²) in [6, 6.07) is 14.7. The van der Waals surface area contributed by atoms with Crippen LogP contribution in [0.3, 0.4) is 0 Å². The summed E-state index contributed by atoms with van der Waals surface area (Å²) < 4.78 is 26.6. The van der Waals surface area contributed by atoms with Gasteiger partial charge in [-0.1, -0.05) is 43.3 Å². The van der Waals surface area contributed by atoms with Crippen molar-refractivity contribution in [3.8, 4) is 0 Å². The molecule has 0 saturated heterocycles. The van der Waals surface area contributed by atoms with E-state index in [0.29, 0.717) is 18.7 Å². The highest BCUT2D eigenvalue weighted by atomic mass is 32.2. The second-order valence-electron chi connectivity index (χ2n) is 5.82. The van der Waals surface area contributed by atoms with Crippen LogP contribution in [0.25, 0.3) is 0 Å². The molecule has 0 aromatic heterocycles. The number of carbonyl (C=O) groups excluding carboxylic acids is 1. The van der Waals surface area contributed by atoms with Crippen LogP contribution in [0.1, 0.15) is 34.8 Å². The maximum atomic E-state index is 12.4. The highest BCUT2D eigenvalue weighted by Crippen LogP contribution is 2.15. The highest BCUT2D eigenvalue weighted by Gasteiger charge is 2.17. The number of hydrogen-bond acceptors (Lipinski definition) is 3. The number of sulfonamides is 1. The highest BCUT2D eigenvalue weighted by molar-refractivity contribution is 7.89. The van der Waals surface area contributed by atoms with E-state index in [2.05, 4.69) is 22.2 Å². The standard InChI is InChI=1S/C19H24N2O3S/c1-3-21-25(23,24)17-12-11-15(2)18(14-17)19(22)20-13-7-10-16-8-5-4-6-9-16/h4-6,8-9,11-12,14,21H,3,7,10,13H2,1-2H3,(H,20,22). The first-order chi connectivity index (χ1) is 11.9. The number of aryl methyl sites for hydroxylation is 2. The van der Waals surface area contributed by atoms with Crippen LogP contribution in [-0.2, 0) is 16.4 Å². The van der Waals surface area contributed by atoms with Gasteiger partial charge in [0.05, 0.1) is 4.90 Å². The largest absolute Gasteiger partial charge is 0.352 e. The van der Waals surface area contributed by atoms with Gasteiger partial charge >= 0.3 is 0 Å². The lowest BCUT2D eigenvalue weighted by Gasteiger charge is -2.11. The van der Waals surface area contributed by atoms with Crippen LogP contribution in [0.15, 0.2) is 53.4 Å². The van der Waals surface area contributed by atoms with Crippen molar-refractivity contribution in [2.24, 2.45) is 0 Å². The molecule has 25 heavy (non-hydrogen) atoms.